The molecule has 8 heteroatoms. The number of amides is 2. The molecule has 1 aliphatic rings. The Morgan fingerprint density at radius 3 is 2.18 bits per heavy atom. The number of hydrogen-bond donors (Lipinski definition) is 1. The maximum absolute atomic E-state index is 13.9. The summed E-state index contributed by atoms with van der Waals surface area (Å²) in [6, 6.07) is 21.8. The molecule has 0 heterocycles. The van der Waals surface area contributed by atoms with E-state index in [9.17, 15) is 9.59 Å². The molecule has 0 aliphatic heterocycles. The summed E-state index contributed by atoms with van der Waals surface area (Å²) in [7, 11) is 0. The minimum Gasteiger partial charge on any atom is -0.352 e. The van der Waals surface area contributed by atoms with Crippen molar-refractivity contribution in [1.29, 1.82) is 0 Å². The molecule has 200 valence electrons. The van der Waals surface area contributed by atoms with Gasteiger partial charge in [0.15, 0.2) is 0 Å². The second kappa shape index (κ2) is 14.3. The average molecular weight is 590 g/mol. The number of carbonyl (C=O) groups excluding carboxylic acids is 2. The van der Waals surface area contributed by atoms with Crippen LogP contribution in [0, 0.1) is 0 Å². The van der Waals surface area contributed by atoms with Crippen molar-refractivity contribution in [2.45, 2.75) is 62.0 Å². The largest absolute Gasteiger partial charge is 0.352 e. The molecule has 0 bridgehead atoms. The predicted octanol–water partition coefficient (Wildman–Crippen LogP) is 7.83. The Bertz CT molecular complexity index is 1200. The van der Waals surface area contributed by atoms with Crippen LogP contribution in [0.1, 0.15) is 43.2 Å². The summed E-state index contributed by atoms with van der Waals surface area (Å²) in [5.41, 5.74) is 1.61. The van der Waals surface area contributed by atoms with Gasteiger partial charge in [-0.25, -0.2) is 0 Å². The lowest BCUT2D eigenvalue weighted by Crippen LogP contribution is -2.53. The Morgan fingerprint density at radius 1 is 0.868 bits per heavy atom. The van der Waals surface area contributed by atoms with E-state index in [-0.39, 0.29) is 30.2 Å². The van der Waals surface area contributed by atoms with Gasteiger partial charge in [-0.1, -0.05) is 90.5 Å². The SMILES string of the molecule is O=C(NC1CCCCC1)[C@H](Cc1ccccc1)N(Cc1c(Cl)cccc1Cl)C(=O)CSc1ccc(Cl)cc1. The molecular weight excluding hydrogens is 559 g/mol. The van der Waals surface area contributed by atoms with E-state index in [0.717, 1.165) is 36.1 Å². The molecule has 0 radical (unpaired) electrons. The Hall–Kier alpha value is -2.18. The fraction of sp³-hybridized carbons (Fsp3) is 0.333. The molecule has 1 saturated carbocycles. The highest BCUT2D eigenvalue weighted by Gasteiger charge is 2.32. The Morgan fingerprint density at radius 2 is 1.53 bits per heavy atom. The topological polar surface area (TPSA) is 49.4 Å². The van der Waals surface area contributed by atoms with Crippen molar-refractivity contribution in [2.24, 2.45) is 0 Å². The van der Waals surface area contributed by atoms with Crippen LogP contribution in [0.15, 0.2) is 77.7 Å². The number of nitrogens with one attached hydrogen (secondary N) is 1. The average Bonchev–Trinajstić information content (AvgIpc) is 2.92. The van der Waals surface area contributed by atoms with Gasteiger partial charge in [0.1, 0.15) is 6.04 Å². The predicted molar refractivity (Wildman–Crippen MR) is 158 cm³/mol. The molecular formula is C30H31Cl3N2O2S. The van der Waals surface area contributed by atoms with Crippen molar-refractivity contribution in [2.75, 3.05) is 5.75 Å². The molecule has 0 saturated heterocycles. The Labute approximate surface area is 244 Å². The third kappa shape index (κ3) is 8.16. The summed E-state index contributed by atoms with van der Waals surface area (Å²) < 4.78 is 0. The normalized spacial score (nSPS) is 14.6. The minimum absolute atomic E-state index is 0.124. The molecule has 0 unspecified atom stereocenters. The maximum atomic E-state index is 13.9. The lowest BCUT2D eigenvalue weighted by Gasteiger charge is -2.34. The van der Waals surface area contributed by atoms with E-state index in [0.29, 0.717) is 27.1 Å². The van der Waals surface area contributed by atoms with E-state index in [4.69, 9.17) is 34.8 Å². The van der Waals surface area contributed by atoms with Crippen LogP contribution < -0.4 is 5.32 Å². The monoisotopic (exact) mass is 588 g/mol. The first-order valence-electron chi connectivity index (χ1n) is 12.9. The number of carbonyl (C=O) groups is 2. The first-order chi connectivity index (χ1) is 18.4. The van der Waals surface area contributed by atoms with Crippen LogP contribution in [0.2, 0.25) is 15.1 Å². The number of nitrogens with zero attached hydrogens (tertiary/aromatic N) is 1. The lowest BCUT2D eigenvalue weighted by molar-refractivity contribution is -0.139. The van der Waals surface area contributed by atoms with Gasteiger partial charge in [0.25, 0.3) is 0 Å². The van der Waals surface area contributed by atoms with Gasteiger partial charge in [-0.2, -0.15) is 0 Å². The first-order valence-corrected chi connectivity index (χ1v) is 15.0. The zero-order valence-corrected chi connectivity index (χ0v) is 24.1. The summed E-state index contributed by atoms with van der Waals surface area (Å²) in [6.07, 6.45) is 5.70. The van der Waals surface area contributed by atoms with E-state index >= 15 is 0 Å². The zero-order chi connectivity index (χ0) is 26.9. The van der Waals surface area contributed by atoms with Gasteiger partial charge in [0, 0.05) is 44.5 Å². The van der Waals surface area contributed by atoms with Crippen molar-refractivity contribution in [3.8, 4) is 0 Å². The molecule has 1 fully saturated rings. The summed E-state index contributed by atoms with van der Waals surface area (Å²) >= 11 is 20.5. The fourth-order valence-electron chi connectivity index (χ4n) is 4.71. The molecule has 1 N–H and O–H groups in total. The summed E-state index contributed by atoms with van der Waals surface area (Å²) in [5.74, 6) is -0.152. The molecule has 2 amide bonds. The molecule has 0 spiro atoms. The smallest absolute Gasteiger partial charge is 0.243 e. The van der Waals surface area contributed by atoms with Crippen molar-refractivity contribution < 1.29 is 9.59 Å². The van der Waals surface area contributed by atoms with Crippen LogP contribution in [0.3, 0.4) is 0 Å². The van der Waals surface area contributed by atoms with Gasteiger partial charge in [0.2, 0.25) is 11.8 Å². The van der Waals surface area contributed by atoms with Crippen molar-refractivity contribution in [3.63, 3.8) is 0 Å². The van der Waals surface area contributed by atoms with Crippen molar-refractivity contribution in [3.05, 3.63) is 99.0 Å². The lowest BCUT2D eigenvalue weighted by atomic mass is 9.94. The van der Waals surface area contributed by atoms with Gasteiger partial charge >= 0.3 is 0 Å². The fourth-order valence-corrected chi connectivity index (χ4v) is 6.14. The van der Waals surface area contributed by atoms with Crippen molar-refractivity contribution >= 4 is 58.4 Å². The summed E-state index contributed by atoms with van der Waals surface area (Å²) in [4.78, 5) is 30.3. The van der Waals surface area contributed by atoms with Gasteiger partial charge in [-0.3, -0.25) is 9.59 Å². The van der Waals surface area contributed by atoms with Crippen LogP contribution in [0.4, 0.5) is 0 Å². The van der Waals surface area contributed by atoms with Crippen LogP contribution in [-0.4, -0.2) is 34.6 Å². The third-order valence-corrected chi connectivity index (χ3v) is 8.75. The van der Waals surface area contributed by atoms with Crippen LogP contribution in [0.5, 0.6) is 0 Å². The van der Waals surface area contributed by atoms with E-state index in [1.165, 1.54) is 18.2 Å². The molecule has 1 atom stereocenters. The van der Waals surface area contributed by atoms with E-state index in [1.54, 1.807) is 35.2 Å². The quantitative estimate of drug-likeness (QED) is 0.245. The van der Waals surface area contributed by atoms with Crippen LogP contribution in [0.25, 0.3) is 0 Å². The molecule has 1 aliphatic carbocycles. The number of rotatable bonds is 10. The number of halogens is 3. The molecule has 4 rings (SSSR count). The number of thioether (sulfide) groups is 1. The third-order valence-electron chi connectivity index (χ3n) is 6.79. The molecule has 38 heavy (non-hydrogen) atoms. The van der Waals surface area contributed by atoms with E-state index in [1.807, 2.05) is 42.5 Å². The van der Waals surface area contributed by atoms with Crippen LogP contribution in [-0.2, 0) is 22.6 Å². The minimum atomic E-state index is -0.718. The van der Waals surface area contributed by atoms with Gasteiger partial charge < -0.3 is 10.2 Å². The molecule has 3 aromatic carbocycles. The first kappa shape index (κ1) is 28.8. The van der Waals surface area contributed by atoms with Crippen molar-refractivity contribution in [1.82, 2.24) is 10.2 Å². The Kier molecular flexibility index (Phi) is 10.8. The molecule has 4 nitrogen and oxygen atoms in total. The molecule has 0 aromatic heterocycles. The summed E-state index contributed by atoms with van der Waals surface area (Å²) in [6.45, 7) is 0.133. The van der Waals surface area contributed by atoms with Gasteiger partial charge in [0.05, 0.1) is 5.75 Å². The van der Waals surface area contributed by atoms with E-state index in [2.05, 4.69) is 5.32 Å². The second-order valence-corrected chi connectivity index (χ2v) is 11.8. The zero-order valence-electron chi connectivity index (χ0n) is 21.0. The van der Waals surface area contributed by atoms with Crippen LogP contribution >= 0.6 is 46.6 Å². The van der Waals surface area contributed by atoms with Gasteiger partial charge in [-0.05, 0) is 54.8 Å². The molecule has 3 aromatic rings. The standard InChI is InChI=1S/C30H31Cl3N2O2S/c31-22-14-16-24(17-15-22)38-20-29(36)35(19-25-26(32)12-7-13-27(25)33)28(18-21-8-3-1-4-9-21)30(37)34-23-10-5-2-6-11-23/h1,3-4,7-9,12-17,23,28H,2,5-6,10-11,18-20H2,(H,34,37)/t28-/m0/s1. The van der Waals surface area contributed by atoms with Gasteiger partial charge in [-0.15, -0.1) is 11.8 Å². The highest BCUT2D eigenvalue weighted by molar-refractivity contribution is 8.00. The number of benzene rings is 3. The highest BCUT2D eigenvalue weighted by Crippen LogP contribution is 2.29. The number of hydrogen-bond acceptors (Lipinski definition) is 3. The summed E-state index contributed by atoms with van der Waals surface area (Å²) in [5, 5.41) is 4.82. The van der Waals surface area contributed by atoms with E-state index < -0.39 is 6.04 Å². The maximum Gasteiger partial charge on any atom is 0.243 e. The highest BCUT2D eigenvalue weighted by atomic mass is 35.5. The second-order valence-electron chi connectivity index (χ2n) is 9.51. The Balaban J connectivity index is 1.64.